The van der Waals surface area contributed by atoms with E-state index in [1.165, 1.54) is 0 Å². The molecule has 0 radical (unpaired) electrons. The summed E-state index contributed by atoms with van der Waals surface area (Å²) in [6.45, 7) is 10.1. The largest absolute Gasteiger partial charge is 0.496 e. The first-order chi connectivity index (χ1) is 12.8. The first-order valence-electron chi connectivity index (χ1n) is 10.0. The molecular formula is C22H34N2O3. The van der Waals surface area contributed by atoms with Crippen LogP contribution in [0.2, 0.25) is 0 Å². The maximum atomic E-state index is 12.9. The van der Waals surface area contributed by atoms with E-state index in [9.17, 15) is 9.59 Å². The van der Waals surface area contributed by atoms with Crippen LogP contribution in [0.5, 0.6) is 5.75 Å². The van der Waals surface area contributed by atoms with Crippen molar-refractivity contribution in [3.05, 3.63) is 29.8 Å². The fourth-order valence-corrected chi connectivity index (χ4v) is 3.65. The average Bonchev–Trinajstić information content (AvgIpc) is 3.06. The fraction of sp³-hybridized carbons (Fsp3) is 0.636. The van der Waals surface area contributed by atoms with E-state index in [1.807, 2.05) is 43.0 Å². The lowest BCUT2D eigenvalue weighted by molar-refractivity contribution is -0.131. The molecule has 1 fully saturated rings. The lowest BCUT2D eigenvalue weighted by Gasteiger charge is -2.20. The van der Waals surface area contributed by atoms with Crippen LogP contribution < -0.4 is 10.1 Å². The van der Waals surface area contributed by atoms with E-state index in [1.54, 1.807) is 7.11 Å². The topological polar surface area (TPSA) is 58.6 Å². The third-order valence-corrected chi connectivity index (χ3v) is 5.15. The smallest absolute Gasteiger partial charge is 0.225 e. The predicted octanol–water partition coefficient (Wildman–Crippen LogP) is 3.45. The standard InChI is InChI=1S/C22H34N2O3/c1-15(2)10-11-23-22(26)19-14-24(21(25)12-16(3)4)13-18(19)17-8-6-7-9-20(17)27-5/h6-9,15-16,18-19H,10-14H2,1-5H3,(H,23,26). The summed E-state index contributed by atoms with van der Waals surface area (Å²) in [4.78, 5) is 27.4. The molecule has 0 aromatic heterocycles. The van der Waals surface area contributed by atoms with Crippen LogP contribution in [0.4, 0.5) is 0 Å². The molecule has 1 N–H and O–H groups in total. The Morgan fingerprint density at radius 2 is 1.85 bits per heavy atom. The number of hydrogen-bond acceptors (Lipinski definition) is 3. The van der Waals surface area contributed by atoms with Gasteiger partial charge in [0.2, 0.25) is 11.8 Å². The monoisotopic (exact) mass is 374 g/mol. The van der Waals surface area contributed by atoms with E-state index in [0.29, 0.717) is 37.9 Å². The summed E-state index contributed by atoms with van der Waals surface area (Å²) < 4.78 is 5.52. The second-order valence-electron chi connectivity index (χ2n) is 8.33. The van der Waals surface area contributed by atoms with Gasteiger partial charge < -0.3 is 15.0 Å². The van der Waals surface area contributed by atoms with Crippen LogP contribution in [-0.4, -0.2) is 43.5 Å². The Balaban J connectivity index is 2.20. The van der Waals surface area contributed by atoms with Crippen LogP contribution in [0.15, 0.2) is 24.3 Å². The fourth-order valence-electron chi connectivity index (χ4n) is 3.65. The van der Waals surface area contributed by atoms with Crippen molar-refractivity contribution in [1.82, 2.24) is 10.2 Å². The molecule has 1 aromatic rings. The number of rotatable bonds is 8. The minimum Gasteiger partial charge on any atom is -0.496 e. The zero-order valence-electron chi connectivity index (χ0n) is 17.3. The van der Waals surface area contributed by atoms with Gasteiger partial charge in [-0.3, -0.25) is 9.59 Å². The van der Waals surface area contributed by atoms with Gasteiger partial charge in [-0.05, 0) is 29.9 Å². The Kier molecular flexibility index (Phi) is 7.69. The van der Waals surface area contributed by atoms with Crippen LogP contribution in [-0.2, 0) is 9.59 Å². The van der Waals surface area contributed by atoms with Gasteiger partial charge >= 0.3 is 0 Å². The Hall–Kier alpha value is -2.04. The van der Waals surface area contributed by atoms with Gasteiger partial charge in [-0.2, -0.15) is 0 Å². The molecule has 150 valence electrons. The molecule has 0 bridgehead atoms. The first-order valence-corrected chi connectivity index (χ1v) is 10.0. The minimum atomic E-state index is -0.246. The van der Waals surface area contributed by atoms with Crippen LogP contribution in [0.1, 0.15) is 52.0 Å². The van der Waals surface area contributed by atoms with E-state index >= 15 is 0 Å². The summed E-state index contributed by atoms with van der Waals surface area (Å²) in [5, 5.41) is 3.08. The maximum Gasteiger partial charge on any atom is 0.225 e. The highest BCUT2D eigenvalue weighted by Crippen LogP contribution is 2.38. The van der Waals surface area contributed by atoms with E-state index in [-0.39, 0.29) is 23.7 Å². The number of hydrogen-bond donors (Lipinski definition) is 1. The zero-order chi connectivity index (χ0) is 20.0. The number of amides is 2. The number of methoxy groups -OCH3 is 1. The molecule has 5 heteroatoms. The van der Waals surface area contributed by atoms with Crippen molar-refractivity contribution >= 4 is 11.8 Å². The summed E-state index contributed by atoms with van der Waals surface area (Å²) in [5.41, 5.74) is 1.00. The van der Waals surface area contributed by atoms with Crippen molar-refractivity contribution in [3.63, 3.8) is 0 Å². The number of benzene rings is 1. The van der Waals surface area contributed by atoms with Gasteiger partial charge in [0, 0.05) is 32.0 Å². The lowest BCUT2D eigenvalue weighted by Crippen LogP contribution is -2.36. The Morgan fingerprint density at radius 1 is 1.15 bits per heavy atom. The highest BCUT2D eigenvalue weighted by atomic mass is 16.5. The Morgan fingerprint density at radius 3 is 2.48 bits per heavy atom. The van der Waals surface area contributed by atoms with Crippen molar-refractivity contribution in [1.29, 1.82) is 0 Å². The summed E-state index contributed by atoms with van der Waals surface area (Å²) in [7, 11) is 1.65. The van der Waals surface area contributed by atoms with Crippen LogP contribution >= 0.6 is 0 Å². The molecular weight excluding hydrogens is 340 g/mol. The molecule has 27 heavy (non-hydrogen) atoms. The van der Waals surface area contributed by atoms with Crippen molar-refractivity contribution in [2.24, 2.45) is 17.8 Å². The molecule has 1 aliphatic heterocycles. The second-order valence-corrected chi connectivity index (χ2v) is 8.33. The molecule has 0 aliphatic carbocycles. The van der Waals surface area contributed by atoms with Gasteiger partial charge in [-0.1, -0.05) is 45.9 Å². The minimum absolute atomic E-state index is 0.0337. The highest BCUT2D eigenvalue weighted by molar-refractivity contribution is 5.83. The van der Waals surface area contributed by atoms with E-state index < -0.39 is 0 Å². The van der Waals surface area contributed by atoms with E-state index in [2.05, 4.69) is 19.2 Å². The summed E-state index contributed by atoms with van der Waals surface area (Å²) in [5.74, 6) is 1.50. The first kappa shape index (κ1) is 21.3. The Labute approximate surface area is 163 Å². The number of carbonyl (C=O) groups is 2. The normalized spacial score (nSPS) is 19.6. The van der Waals surface area contributed by atoms with E-state index in [4.69, 9.17) is 4.74 Å². The molecule has 2 amide bonds. The van der Waals surface area contributed by atoms with Crippen LogP contribution in [0, 0.1) is 17.8 Å². The Bertz CT molecular complexity index is 642. The molecule has 1 aliphatic rings. The zero-order valence-corrected chi connectivity index (χ0v) is 17.3. The number of nitrogens with zero attached hydrogens (tertiary/aromatic N) is 1. The lowest BCUT2D eigenvalue weighted by atomic mass is 9.87. The summed E-state index contributed by atoms with van der Waals surface area (Å²) in [6, 6.07) is 7.82. The predicted molar refractivity (Wildman–Crippen MR) is 108 cm³/mol. The third kappa shape index (κ3) is 5.72. The molecule has 1 saturated heterocycles. The third-order valence-electron chi connectivity index (χ3n) is 5.15. The quantitative estimate of drug-likeness (QED) is 0.758. The maximum absolute atomic E-state index is 12.9. The number of carbonyl (C=O) groups excluding carboxylic acids is 2. The SMILES string of the molecule is COc1ccccc1C1CN(C(=O)CC(C)C)CC1C(=O)NCCC(C)C. The van der Waals surface area contributed by atoms with Gasteiger partial charge in [-0.25, -0.2) is 0 Å². The molecule has 1 heterocycles. The molecule has 0 spiro atoms. The number of ether oxygens (including phenoxy) is 1. The van der Waals surface area contributed by atoms with Gasteiger partial charge in [0.15, 0.2) is 0 Å². The molecule has 2 atom stereocenters. The van der Waals surface area contributed by atoms with Gasteiger partial charge in [0.1, 0.15) is 5.75 Å². The van der Waals surface area contributed by atoms with Crippen molar-refractivity contribution in [2.75, 3.05) is 26.7 Å². The molecule has 5 nitrogen and oxygen atoms in total. The summed E-state index contributed by atoms with van der Waals surface area (Å²) >= 11 is 0. The van der Waals surface area contributed by atoms with Crippen LogP contribution in [0.25, 0.3) is 0 Å². The van der Waals surface area contributed by atoms with Crippen molar-refractivity contribution < 1.29 is 14.3 Å². The average molecular weight is 375 g/mol. The van der Waals surface area contributed by atoms with Gasteiger partial charge in [0.25, 0.3) is 0 Å². The van der Waals surface area contributed by atoms with E-state index in [0.717, 1.165) is 17.7 Å². The molecule has 2 unspecified atom stereocenters. The van der Waals surface area contributed by atoms with Crippen molar-refractivity contribution in [3.8, 4) is 5.75 Å². The molecule has 1 aromatic carbocycles. The number of nitrogens with one attached hydrogen (secondary N) is 1. The summed E-state index contributed by atoms with van der Waals surface area (Å²) in [6.07, 6.45) is 1.47. The van der Waals surface area contributed by atoms with Gasteiger partial charge in [-0.15, -0.1) is 0 Å². The number of para-hydroxylation sites is 1. The molecule has 0 saturated carbocycles. The van der Waals surface area contributed by atoms with Gasteiger partial charge in [0.05, 0.1) is 13.0 Å². The number of likely N-dealkylation sites (tertiary alicyclic amines) is 1. The van der Waals surface area contributed by atoms with Crippen molar-refractivity contribution in [2.45, 2.75) is 46.5 Å². The highest BCUT2D eigenvalue weighted by Gasteiger charge is 2.41. The second kappa shape index (κ2) is 9.77. The van der Waals surface area contributed by atoms with Crippen LogP contribution in [0.3, 0.4) is 0 Å². The molecule has 2 rings (SSSR count).